The van der Waals surface area contributed by atoms with Crippen LogP contribution >= 0.6 is 34.7 Å². The fourth-order valence-corrected chi connectivity index (χ4v) is 3.88. The third-order valence-electron chi connectivity index (χ3n) is 3.50. The molecular formula is C18H17ClFN3S2. The molecule has 0 aliphatic rings. The highest BCUT2D eigenvalue weighted by atomic mass is 35.5. The molecule has 7 heteroatoms. The number of thiazole rings is 1. The van der Waals surface area contributed by atoms with Crippen LogP contribution in [-0.2, 0) is 5.41 Å². The zero-order chi connectivity index (χ0) is 18.2. The number of thioether (sulfide) groups is 1. The average Bonchev–Trinajstić information content (AvgIpc) is 3.02. The summed E-state index contributed by atoms with van der Waals surface area (Å²) < 4.78 is 14.5. The van der Waals surface area contributed by atoms with E-state index < -0.39 is 0 Å². The van der Waals surface area contributed by atoms with Crippen molar-refractivity contribution in [2.75, 3.05) is 6.26 Å². The van der Waals surface area contributed by atoms with Crippen LogP contribution in [0.5, 0.6) is 0 Å². The van der Waals surface area contributed by atoms with E-state index in [9.17, 15) is 4.39 Å². The Morgan fingerprint density at radius 2 is 1.92 bits per heavy atom. The molecule has 2 aromatic heterocycles. The first-order valence-corrected chi connectivity index (χ1v) is 10.1. The van der Waals surface area contributed by atoms with Crippen molar-refractivity contribution < 1.29 is 4.39 Å². The van der Waals surface area contributed by atoms with E-state index in [0.29, 0.717) is 21.4 Å². The summed E-state index contributed by atoms with van der Waals surface area (Å²) in [5.74, 6) is -0.351. The molecular weight excluding hydrogens is 377 g/mol. The molecule has 0 atom stereocenters. The van der Waals surface area contributed by atoms with Crippen molar-refractivity contribution in [3.8, 4) is 21.8 Å². The molecule has 0 aliphatic heterocycles. The molecule has 0 aliphatic carbocycles. The Hall–Kier alpha value is -1.50. The van der Waals surface area contributed by atoms with Gasteiger partial charge in [-0.25, -0.2) is 19.3 Å². The molecule has 0 saturated carbocycles. The lowest BCUT2D eigenvalue weighted by molar-refractivity contribution is 0.585. The maximum absolute atomic E-state index is 14.5. The largest absolute Gasteiger partial charge is 0.240 e. The Morgan fingerprint density at radius 1 is 1.16 bits per heavy atom. The van der Waals surface area contributed by atoms with Gasteiger partial charge in [0.25, 0.3) is 0 Å². The lowest BCUT2D eigenvalue weighted by Gasteiger charge is -2.13. The number of hydrogen-bond donors (Lipinski definition) is 0. The summed E-state index contributed by atoms with van der Waals surface area (Å²) in [4.78, 5) is 14.3. The van der Waals surface area contributed by atoms with Gasteiger partial charge in [-0.05, 0) is 30.5 Å². The van der Waals surface area contributed by atoms with Gasteiger partial charge >= 0.3 is 0 Å². The number of halogens is 2. The summed E-state index contributed by atoms with van der Waals surface area (Å²) in [5, 5.41) is 2.06. The molecule has 0 fully saturated rings. The van der Waals surface area contributed by atoms with Crippen LogP contribution in [0.1, 0.15) is 25.8 Å². The van der Waals surface area contributed by atoms with Crippen LogP contribution in [0.3, 0.4) is 0 Å². The standard InChI is InChI=1S/C18H17ClFN3S2/c1-18(2,3)16-23-14(11-9-10(19)5-6-12(11)20)15(25-16)13-7-8-21-17(22-13)24-4/h5-9H,1-4H3. The van der Waals surface area contributed by atoms with Gasteiger partial charge in [0.05, 0.1) is 21.3 Å². The van der Waals surface area contributed by atoms with Crippen molar-refractivity contribution in [1.29, 1.82) is 0 Å². The van der Waals surface area contributed by atoms with Gasteiger partial charge in [-0.3, -0.25) is 0 Å². The molecule has 130 valence electrons. The molecule has 0 bridgehead atoms. The van der Waals surface area contributed by atoms with E-state index in [1.54, 1.807) is 12.3 Å². The number of hydrogen-bond acceptors (Lipinski definition) is 5. The normalized spacial score (nSPS) is 11.8. The minimum atomic E-state index is -0.351. The van der Waals surface area contributed by atoms with Gasteiger partial charge in [-0.1, -0.05) is 44.1 Å². The Bertz CT molecular complexity index is 919. The third kappa shape index (κ3) is 3.86. The Labute approximate surface area is 159 Å². The van der Waals surface area contributed by atoms with Gasteiger partial charge in [-0.2, -0.15) is 0 Å². The van der Waals surface area contributed by atoms with Crippen LogP contribution in [0.25, 0.3) is 21.8 Å². The molecule has 2 heterocycles. The summed E-state index contributed by atoms with van der Waals surface area (Å²) in [6.07, 6.45) is 3.63. The van der Waals surface area contributed by atoms with Crippen molar-refractivity contribution in [2.24, 2.45) is 0 Å². The summed E-state index contributed by atoms with van der Waals surface area (Å²) >= 11 is 9.08. The molecule has 0 spiro atoms. The van der Waals surface area contributed by atoms with E-state index in [4.69, 9.17) is 16.6 Å². The fraction of sp³-hybridized carbons (Fsp3) is 0.278. The second-order valence-electron chi connectivity index (χ2n) is 6.50. The molecule has 0 N–H and O–H groups in total. The number of benzene rings is 1. The number of nitrogens with zero attached hydrogens (tertiary/aromatic N) is 3. The molecule has 0 radical (unpaired) electrons. The second-order valence-corrected chi connectivity index (χ2v) is 8.71. The van der Waals surface area contributed by atoms with Crippen LogP contribution in [0.2, 0.25) is 5.02 Å². The van der Waals surface area contributed by atoms with Gasteiger partial charge in [0.1, 0.15) is 5.82 Å². The maximum atomic E-state index is 14.5. The van der Waals surface area contributed by atoms with Crippen LogP contribution in [0, 0.1) is 5.82 Å². The van der Waals surface area contributed by atoms with E-state index in [2.05, 4.69) is 30.7 Å². The summed E-state index contributed by atoms with van der Waals surface area (Å²) in [5.41, 5.74) is 1.54. The van der Waals surface area contributed by atoms with Crippen LogP contribution in [0.4, 0.5) is 4.39 Å². The summed E-state index contributed by atoms with van der Waals surface area (Å²) in [7, 11) is 0. The average molecular weight is 394 g/mol. The Morgan fingerprint density at radius 3 is 2.60 bits per heavy atom. The molecule has 3 rings (SSSR count). The van der Waals surface area contributed by atoms with E-state index in [1.165, 1.54) is 35.2 Å². The topological polar surface area (TPSA) is 38.7 Å². The third-order valence-corrected chi connectivity index (χ3v) is 5.80. The summed E-state index contributed by atoms with van der Waals surface area (Å²) in [6.45, 7) is 6.25. The van der Waals surface area contributed by atoms with Gasteiger partial charge in [0.2, 0.25) is 0 Å². The van der Waals surface area contributed by atoms with Crippen LogP contribution in [-0.4, -0.2) is 21.2 Å². The minimum Gasteiger partial charge on any atom is -0.240 e. The van der Waals surface area contributed by atoms with E-state index in [0.717, 1.165) is 15.6 Å². The van der Waals surface area contributed by atoms with E-state index >= 15 is 0 Å². The summed E-state index contributed by atoms with van der Waals surface area (Å²) in [6, 6.07) is 6.34. The van der Waals surface area contributed by atoms with Crippen molar-refractivity contribution in [1.82, 2.24) is 15.0 Å². The van der Waals surface area contributed by atoms with Gasteiger partial charge < -0.3 is 0 Å². The number of rotatable bonds is 3. The molecule has 0 unspecified atom stereocenters. The highest BCUT2D eigenvalue weighted by molar-refractivity contribution is 7.98. The molecule has 0 amide bonds. The van der Waals surface area contributed by atoms with E-state index in [1.807, 2.05) is 12.3 Å². The predicted octanol–water partition coefficient (Wildman–Crippen LogP) is 6.08. The van der Waals surface area contributed by atoms with Gasteiger partial charge in [0.15, 0.2) is 5.16 Å². The van der Waals surface area contributed by atoms with Crippen molar-refractivity contribution in [3.63, 3.8) is 0 Å². The lowest BCUT2D eigenvalue weighted by Crippen LogP contribution is -2.10. The van der Waals surface area contributed by atoms with Crippen molar-refractivity contribution >= 4 is 34.7 Å². The molecule has 3 aromatic rings. The first-order valence-electron chi connectivity index (χ1n) is 7.63. The number of aromatic nitrogens is 3. The van der Waals surface area contributed by atoms with Gasteiger partial charge in [0, 0.05) is 22.2 Å². The van der Waals surface area contributed by atoms with Crippen molar-refractivity contribution in [2.45, 2.75) is 31.3 Å². The molecule has 25 heavy (non-hydrogen) atoms. The zero-order valence-electron chi connectivity index (χ0n) is 14.3. The smallest absolute Gasteiger partial charge is 0.187 e. The Balaban J connectivity index is 2.26. The SMILES string of the molecule is CSc1nccc(-c2sc(C(C)(C)C)nc2-c2cc(Cl)ccc2F)n1. The lowest BCUT2D eigenvalue weighted by atomic mass is 9.98. The zero-order valence-corrected chi connectivity index (χ0v) is 16.7. The first-order chi connectivity index (χ1) is 11.8. The van der Waals surface area contributed by atoms with Crippen molar-refractivity contribution in [3.05, 3.63) is 46.3 Å². The molecule has 0 saturated heterocycles. The highest BCUT2D eigenvalue weighted by Gasteiger charge is 2.25. The molecule has 1 aromatic carbocycles. The minimum absolute atomic E-state index is 0.151. The van der Waals surface area contributed by atoms with Gasteiger partial charge in [-0.15, -0.1) is 11.3 Å². The van der Waals surface area contributed by atoms with E-state index in [-0.39, 0.29) is 11.2 Å². The maximum Gasteiger partial charge on any atom is 0.187 e. The monoisotopic (exact) mass is 393 g/mol. The fourth-order valence-electron chi connectivity index (χ4n) is 2.24. The quantitative estimate of drug-likeness (QED) is 0.399. The highest BCUT2D eigenvalue weighted by Crippen LogP contribution is 2.41. The molecule has 3 nitrogen and oxygen atoms in total. The Kier molecular flexibility index (Phi) is 5.14. The van der Waals surface area contributed by atoms with Crippen LogP contribution in [0.15, 0.2) is 35.6 Å². The second kappa shape index (κ2) is 7.02. The predicted molar refractivity (Wildman–Crippen MR) is 104 cm³/mol. The first kappa shape index (κ1) is 18.3. The van der Waals surface area contributed by atoms with Crippen LogP contribution < -0.4 is 0 Å².